The van der Waals surface area contributed by atoms with E-state index in [2.05, 4.69) is 4.72 Å². The fraction of sp³-hybridized carbons (Fsp3) is 0.500. The molecule has 3 N–H and O–H groups in total. The predicted octanol–water partition coefficient (Wildman–Crippen LogP) is 2.28. The van der Waals surface area contributed by atoms with E-state index in [0.717, 1.165) is 0 Å². The SMILES string of the molecule is Nc1cc(Cl)c(S(=O)(=O)NCCOCC2CC2)c(Cl)c1. The zero-order valence-corrected chi connectivity index (χ0v) is 13.1. The van der Waals surface area contributed by atoms with E-state index in [0.29, 0.717) is 24.8 Å². The van der Waals surface area contributed by atoms with E-state index in [-0.39, 0.29) is 21.5 Å². The van der Waals surface area contributed by atoms with E-state index in [9.17, 15) is 8.42 Å². The fourth-order valence-electron chi connectivity index (χ4n) is 1.69. The van der Waals surface area contributed by atoms with Crippen LogP contribution in [-0.2, 0) is 14.8 Å². The Morgan fingerprint density at radius 1 is 1.30 bits per heavy atom. The molecule has 20 heavy (non-hydrogen) atoms. The van der Waals surface area contributed by atoms with Crippen LogP contribution in [0.2, 0.25) is 10.0 Å². The maximum atomic E-state index is 12.1. The van der Waals surface area contributed by atoms with Gasteiger partial charge in [0.1, 0.15) is 4.90 Å². The first-order valence-corrected chi connectivity index (χ1v) is 8.46. The standard InChI is InChI=1S/C12H16Cl2N2O3S/c13-10-5-9(15)6-11(14)12(10)20(17,18)16-3-4-19-7-8-1-2-8/h5-6,8,16H,1-4,7,15H2. The number of ether oxygens (including phenoxy) is 1. The van der Waals surface area contributed by atoms with Crippen molar-refractivity contribution in [2.45, 2.75) is 17.7 Å². The Bertz CT molecular complexity index is 565. The quantitative estimate of drug-likeness (QED) is 0.590. The van der Waals surface area contributed by atoms with Crippen LogP contribution in [0.4, 0.5) is 5.69 Å². The van der Waals surface area contributed by atoms with Gasteiger partial charge in [-0.05, 0) is 30.9 Å². The molecule has 112 valence electrons. The second kappa shape index (κ2) is 6.49. The highest BCUT2D eigenvalue weighted by molar-refractivity contribution is 7.89. The van der Waals surface area contributed by atoms with Crippen LogP contribution in [0.5, 0.6) is 0 Å². The molecule has 1 aliphatic carbocycles. The first kappa shape index (κ1) is 15.9. The summed E-state index contributed by atoms with van der Waals surface area (Å²) in [6.07, 6.45) is 2.39. The average molecular weight is 339 g/mol. The van der Waals surface area contributed by atoms with Crippen LogP contribution in [0.25, 0.3) is 0 Å². The van der Waals surface area contributed by atoms with Gasteiger partial charge >= 0.3 is 0 Å². The molecule has 1 aliphatic rings. The van der Waals surface area contributed by atoms with Crippen molar-refractivity contribution in [3.63, 3.8) is 0 Å². The molecule has 0 heterocycles. The Hall–Kier alpha value is -0.530. The van der Waals surface area contributed by atoms with Crippen molar-refractivity contribution >= 4 is 38.9 Å². The van der Waals surface area contributed by atoms with Crippen LogP contribution in [0.1, 0.15) is 12.8 Å². The monoisotopic (exact) mass is 338 g/mol. The Kier molecular flexibility index (Phi) is 5.14. The molecule has 0 saturated heterocycles. The lowest BCUT2D eigenvalue weighted by molar-refractivity contribution is 0.129. The van der Waals surface area contributed by atoms with Gasteiger partial charge < -0.3 is 10.5 Å². The first-order chi connectivity index (χ1) is 9.40. The number of sulfonamides is 1. The summed E-state index contributed by atoms with van der Waals surface area (Å²) < 4.78 is 32.0. The summed E-state index contributed by atoms with van der Waals surface area (Å²) in [5.41, 5.74) is 5.85. The summed E-state index contributed by atoms with van der Waals surface area (Å²) in [6, 6.07) is 2.71. The minimum atomic E-state index is -3.77. The Morgan fingerprint density at radius 3 is 2.45 bits per heavy atom. The van der Waals surface area contributed by atoms with Gasteiger partial charge in [0.25, 0.3) is 0 Å². The zero-order valence-electron chi connectivity index (χ0n) is 10.7. The van der Waals surface area contributed by atoms with Gasteiger partial charge in [0.15, 0.2) is 0 Å². The van der Waals surface area contributed by atoms with Gasteiger partial charge in [0, 0.05) is 18.8 Å². The van der Waals surface area contributed by atoms with Crippen molar-refractivity contribution in [3.8, 4) is 0 Å². The number of hydrogen-bond acceptors (Lipinski definition) is 4. The van der Waals surface area contributed by atoms with Gasteiger partial charge in [0.05, 0.1) is 16.7 Å². The molecule has 1 aromatic carbocycles. The molecule has 0 spiro atoms. The number of halogens is 2. The van der Waals surface area contributed by atoms with Crippen LogP contribution >= 0.6 is 23.2 Å². The highest BCUT2D eigenvalue weighted by atomic mass is 35.5. The second-order valence-electron chi connectivity index (χ2n) is 4.73. The normalized spacial score (nSPS) is 15.5. The first-order valence-electron chi connectivity index (χ1n) is 6.22. The largest absolute Gasteiger partial charge is 0.399 e. The number of nitrogen functional groups attached to an aromatic ring is 1. The van der Waals surface area contributed by atoms with Crippen LogP contribution in [0, 0.1) is 5.92 Å². The van der Waals surface area contributed by atoms with Crippen LogP contribution < -0.4 is 10.5 Å². The van der Waals surface area contributed by atoms with Crippen LogP contribution in [-0.4, -0.2) is 28.2 Å². The Balaban J connectivity index is 1.95. The fourth-order valence-corrected chi connectivity index (χ4v) is 3.93. The van der Waals surface area contributed by atoms with E-state index in [4.69, 9.17) is 33.7 Å². The molecule has 1 aromatic rings. The molecule has 5 nitrogen and oxygen atoms in total. The third-order valence-electron chi connectivity index (χ3n) is 2.88. The molecular formula is C12H16Cl2N2O3S. The molecular weight excluding hydrogens is 323 g/mol. The molecule has 0 radical (unpaired) electrons. The van der Waals surface area contributed by atoms with Crippen molar-refractivity contribution in [2.75, 3.05) is 25.5 Å². The van der Waals surface area contributed by atoms with Gasteiger partial charge in [0.2, 0.25) is 10.0 Å². The molecule has 0 amide bonds. The lowest BCUT2D eigenvalue weighted by Crippen LogP contribution is -2.28. The van der Waals surface area contributed by atoms with E-state index in [1.54, 1.807) is 0 Å². The average Bonchev–Trinajstić information content (AvgIpc) is 3.10. The second-order valence-corrected chi connectivity index (χ2v) is 7.25. The van der Waals surface area contributed by atoms with Gasteiger partial charge in [-0.3, -0.25) is 0 Å². The van der Waals surface area contributed by atoms with Gasteiger partial charge in [-0.1, -0.05) is 23.2 Å². The minimum Gasteiger partial charge on any atom is -0.399 e. The third-order valence-corrected chi connectivity index (χ3v) is 5.26. The van der Waals surface area contributed by atoms with E-state index < -0.39 is 10.0 Å². The summed E-state index contributed by atoms with van der Waals surface area (Å²) in [7, 11) is -3.77. The van der Waals surface area contributed by atoms with E-state index in [1.807, 2.05) is 0 Å². The maximum absolute atomic E-state index is 12.1. The summed E-state index contributed by atoms with van der Waals surface area (Å²) >= 11 is 11.8. The maximum Gasteiger partial charge on any atom is 0.243 e. The predicted molar refractivity (Wildman–Crippen MR) is 79.6 cm³/mol. The van der Waals surface area contributed by atoms with Crippen molar-refractivity contribution < 1.29 is 13.2 Å². The Labute approximate surface area is 128 Å². The highest BCUT2D eigenvalue weighted by Gasteiger charge is 2.23. The molecule has 0 aromatic heterocycles. The number of rotatable bonds is 7. The smallest absolute Gasteiger partial charge is 0.243 e. The van der Waals surface area contributed by atoms with Crippen molar-refractivity contribution in [3.05, 3.63) is 22.2 Å². The number of hydrogen-bond donors (Lipinski definition) is 2. The number of anilines is 1. The highest BCUT2D eigenvalue weighted by Crippen LogP contribution is 2.31. The number of benzene rings is 1. The summed E-state index contributed by atoms with van der Waals surface area (Å²) in [5, 5.41) is 0.00259. The molecule has 8 heteroatoms. The lowest BCUT2D eigenvalue weighted by Gasteiger charge is -2.11. The molecule has 1 saturated carbocycles. The van der Waals surface area contributed by atoms with Crippen molar-refractivity contribution in [1.29, 1.82) is 0 Å². The molecule has 1 fully saturated rings. The van der Waals surface area contributed by atoms with E-state index in [1.165, 1.54) is 25.0 Å². The van der Waals surface area contributed by atoms with Crippen molar-refractivity contribution in [1.82, 2.24) is 4.72 Å². The topological polar surface area (TPSA) is 81.4 Å². The van der Waals surface area contributed by atoms with Gasteiger partial charge in [-0.25, -0.2) is 13.1 Å². The minimum absolute atomic E-state index is 0.00130. The van der Waals surface area contributed by atoms with Crippen molar-refractivity contribution in [2.24, 2.45) is 5.92 Å². The number of nitrogens with one attached hydrogen (secondary N) is 1. The molecule has 0 bridgehead atoms. The lowest BCUT2D eigenvalue weighted by atomic mass is 10.3. The van der Waals surface area contributed by atoms with Crippen LogP contribution in [0.15, 0.2) is 17.0 Å². The van der Waals surface area contributed by atoms with Crippen LogP contribution in [0.3, 0.4) is 0 Å². The Morgan fingerprint density at radius 2 is 1.90 bits per heavy atom. The van der Waals surface area contributed by atoms with E-state index >= 15 is 0 Å². The number of nitrogens with two attached hydrogens (primary N) is 1. The summed E-state index contributed by atoms with van der Waals surface area (Å²) in [5.74, 6) is 0.646. The zero-order chi connectivity index (χ0) is 14.8. The summed E-state index contributed by atoms with van der Waals surface area (Å²) in [6.45, 7) is 1.18. The van der Waals surface area contributed by atoms with Gasteiger partial charge in [-0.15, -0.1) is 0 Å². The molecule has 0 aliphatic heterocycles. The van der Waals surface area contributed by atoms with Gasteiger partial charge in [-0.2, -0.15) is 0 Å². The third kappa shape index (κ3) is 4.23. The summed E-state index contributed by atoms with van der Waals surface area (Å²) in [4.78, 5) is -0.155. The molecule has 0 unspecified atom stereocenters. The molecule has 0 atom stereocenters. The molecule has 2 rings (SSSR count).